The van der Waals surface area contributed by atoms with E-state index in [1.165, 1.54) is 25.3 Å². The van der Waals surface area contributed by atoms with Crippen LogP contribution in [0.3, 0.4) is 0 Å². The minimum absolute atomic E-state index is 0.0202. The van der Waals surface area contributed by atoms with Crippen molar-refractivity contribution >= 4 is 39.1 Å². The van der Waals surface area contributed by atoms with Crippen LogP contribution in [0.5, 0.6) is 11.5 Å². The summed E-state index contributed by atoms with van der Waals surface area (Å²) in [6.45, 7) is 1.87. The summed E-state index contributed by atoms with van der Waals surface area (Å²) in [7, 11) is -2.56. The van der Waals surface area contributed by atoms with E-state index in [0.717, 1.165) is 5.56 Å². The molecule has 3 rings (SSSR count). The number of benzene rings is 3. The smallest absolute Gasteiger partial charge is 0.216 e. The number of nitriles is 1. The van der Waals surface area contributed by atoms with Crippen LogP contribution in [-0.4, -0.2) is 15.5 Å². The summed E-state index contributed by atoms with van der Waals surface area (Å²) in [6, 6.07) is 18.2. The van der Waals surface area contributed by atoms with E-state index >= 15 is 0 Å². The van der Waals surface area contributed by atoms with Crippen LogP contribution in [0.4, 0.5) is 0 Å². The summed E-state index contributed by atoms with van der Waals surface area (Å²) in [5.41, 5.74) is 1.84. The van der Waals surface area contributed by atoms with Crippen molar-refractivity contribution in [2.45, 2.75) is 18.4 Å². The fourth-order valence-electron chi connectivity index (χ4n) is 2.93. The van der Waals surface area contributed by atoms with Crippen LogP contribution in [0.1, 0.15) is 16.7 Å². The highest BCUT2D eigenvalue weighted by Crippen LogP contribution is 2.35. The van der Waals surface area contributed by atoms with Crippen molar-refractivity contribution in [3.05, 3.63) is 92.3 Å². The van der Waals surface area contributed by atoms with Crippen molar-refractivity contribution in [2.24, 2.45) is 0 Å². The standard InChI is InChI=1S/C24H19Cl2NO4S/c1-16-9-11-18(12-10-16)32(28,29)19(14-27)13-17-5-3-8-23(30-2)24(17)31-15-20-21(25)6-4-7-22(20)26/h3-13H,15H2,1-2H3. The Morgan fingerprint density at radius 1 is 1.03 bits per heavy atom. The molecule has 0 saturated heterocycles. The second kappa shape index (κ2) is 10.1. The average molecular weight is 488 g/mol. The number of hydrogen-bond acceptors (Lipinski definition) is 5. The van der Waals surface area contributed by atoms with Crippen molar-refractivity contribution < 1.29 is 17.9 Å². The first kappa shape index (κ1) is 23.7. The number of halogens is 2. The molecule has 3 aromatic carbocycles. The van der Waals surface area contributed by atoms with Gasteiger partial charge in [-0.25, -0.2) is 8.42 Å². The van der Waals surface area contributed by atoms with Gasteiger partial charge in [-0.15, -0.1) is 0 Å². The van der Waals surface area contributed by atoms with E-state index < -0.39 is 14.7 Å². The number of para-hydroxylation sites is 1. The lowest BCUT2D eigenvalue weighted by Crippen LogP contribution is -2.05. The first-order valence-electron chi connectivity index (χ1n) is 9.44. The maximum absolute atomic E-state index is 13.0. The lowest BCUT2D eigenvalue weighted by molar-refractivity contribution is 0.284. The van der Waals surface area contributed by atoms with E-state index in [-0.39, 0.29) is 17.3 Å². The Labute approximate surface area is 197 Å². The topological polar surface area (TPSA) is 76.4 Å². The molecule has 0 aliphatic carbocycles. The van der Waals surface area contributed by atoms with Crippen molar-refractivity contribution in [1.29, 1.82) is 5.26 Å². The molecule has 0 saturated carbocycles. The van der Waals surface area contributed by atoms with Gasteiger partial charge in [0.15, 0.2) is 11.5 Å². The second-order valence-electron chi connectivity index (χ2n) is 6.80. The first-order chi connectivity index (χ1) is 15.3. The summed E-state index contributed by atoms with van der Waals surface area (Å²) in [4.78, 5) is -0.389. The van der Waals surface area contributed by atoms with Crippen LogP contribution in [-0.2, 0) is 16.4 Å². The third-order valence-electron chi connectivity index (χ3n) is 4.67. The van der Waals surface area contributed by atoms with Crippen molar-refractivity contribution in [2.75, 3.05) is 7.11 Å². The molecule has 0 unspecified atom stereocenters. The summed E-state index contributed by atoms with van der Waals surface area (Å²) in [5, 5.41) is 10.5. The number of methoxy groups -OCH3 is 1. The maximum Gasteiger partial charge on any atom is 0.216 e. The Hall–Kier alpha value is -2.98. The van der Waals surface area contributed by atoms with Gasteiger partial charge in [0.05, 0.1) is 12.0 Å². The first-order valence-corrected chi connectivity index (χ1v) is 11.7. The number of ether oxygens (including phenoxy) is 2. The van der Waals surface area contributed by atoms with Gasteiger partial charge in [0.1, 0.15) is 17.6 Å². The van der Waals surface area contributed by atoms with Crippen molar-refractivity contribution in [3.63, 3.8) is 0 Å². The molecule has 0 spiro atoms. The van der Waals surface area contributed by atoms with Gasteiger partial charge in [-0.1, -0.05) is 59.1 Å². The van der Waals surface area contributed by atoms with E-state index in [1.54, 1.807) is 54.6 Å². The lowest BCUT2D eigenvalue weighted by atomic mass is 10.1. The van der Waals surface area contributed by atoms with Crippen LogP contribution in [0.15, 0.2) is 70.5 Å². The highest BCUT2D eigenvalue weighted by atomic mass is 35.5. The molecule has 32 heavy (non-hydrogen) atoms. The average Bonchev–Trinajstić information content (AvgIpc) is 2.77. The Morgan fingerprint density at radius 2 is 1.66 bits per heavy atom. The van der Waals surface area contributed by atoms with Crippen molar-refractivity contribution in [1.82, 2.24) is 0 Å². The molecule has 0 bridgehead atoms. The predicted molar refractivity (Wildman–Crippen MR) is 126 cm³/mol. The minimum atomic E-state index is -4.02. The number of rotatable bonds is 7. The van der Waals surface area contributed by atoms with Crippen molar-refractivity contribution in [3.8, 4) is 17.6 Å². The Kier molecular flexibility index (Phi) is 7.47. The molecular formula is C24H19Cl2NO4S. The quantitative estimate of drug-likeness (QED) is 0.369. The van der Waals surface area contributed by atoms with E-state index in [9.17, 15) is 13.7 Å². The zero-order valence-electron chi connectivity index (χ0n) is 17.3. The summed E-state index contributed by atoms with van der Waals surface area (Å²) in [6.07, 6.45) is 1.27. The third kappa shape index (κ3) is 5.08. The van der Waals surface area contributed by atoms with Gasteiger partial charge >= 0.3 is 0 Å². The molecule has 0 aliphatic heterocycles. The molecule has 0 radical (unpaired) electrons. The van der Waals surface area contributed by atoms with Gasteiger partial charge in [0.25, 0.3) is 0 Å². The van der Waals surface area contributed by atoms with Crippen LogP contribution in [0, 0.1) is 18.3 Å². The largest absolute Gasteiger partial charge is 0.493 e. The SMILES string of the molecule is COc1cccc(C=C(C#N)S(=O)(=O)c2ccc(C)cc2)c1OCc1c(Cl)cccc1Cl. The minimum Gasteiger partial charge on any atom is -0.493 e. The molecule has 5 nitrogen and oxygen atoms in total. The van der Waals surface area contributed by atoms with Crippen LogP contribution < -0.4 is 9.47 Å². The van der Waals surface area contributed by atoms with Gasteiger partial charge < -0.3 is 9.47 Å². The molecule has 8 heteroatoms. The van der Waals surface area contributed by atoms with E-state index in [2.05, 4.69) is 0 Å². The van der Waals surface area contributed by atoms with Gasteiger partial charge in [-0.3, -0.25) is 0 Å². The highest BCUT2D eigenvalue weighted by molar-refractivity contribution is 7.95. The van der Waals surface area contributed by atoms with Crippen LogP contribution in [0.25, 0.3) is 6.08 Å². The number of nitrogens with zero attached hydrogens (tertiary/aromatic N) is 1. The monoisotopic (exact) mass is 487 g/mol. The fourth-order valence-corrected chi connectivity index (χ4v) is 4.59. The number of sulfone groups is 1. The summed E-state index contributed by atoms with van der Waals surface area (Å²) >= 11 is 12.4. The van der Waals surface area contributed by atoms with Crippen LogP contribution >= 0.6 is 23.2 Å². The molecule has 164 valence electrons. The zero-order valence-corrected chi connectivity index (χ0v) is 19.6. The molecule has 0 heterocycles. The Bertz CT molecular complexity index is 1290. The van der Waals surface area contributed by atoms with Gasteiger partial charge in [0.2, 0.25) is 9.84 Å². The molecular weight excluding hydrogens is 469 g/mol. The molecule has 0 N–H and O–H groups in total. The maximum atomic E-state index is 13.0. The number of hydrogen-bond donors (Lipinski definition) is 0. The lowest BCUT2D eigenvalue weighted by Gasteiger charge is -2.15. The summed E-state index contributed by atoms with van der Waals surface area (Å²) < 4.78 is 37.4. The predicted octanol–water partition coefficient (Wildman–Crippen LogP) is 6.23. The Balaban J connectivity index is 2.04. The molecule has 0 aromatic heterocycles. The zero-order chi connectivity index (χ0) is 23.3. The van der Waals surface area contributed by atoms with E-state index in [0.29, 0.717) is 26.9 Å². The normalized spacial score (nSPS) is 11.7. The highest BCUT2D eigenvalue weighted by Gasteiger charge is 2.22. The molecule has 0 amide bonds. The van der Waals surface area contributed by atoms with Gasteiger partial charge in [-0.05, 0) is 43.3 Å². The van der Waals surface area contributed by atoms with E-state index in [4.69, 9.17) is 32.7 Å². The molecule has 3 aromatic rings. The molecule has 0 fully saturated rings. The number of aryl methyl sites for hydroxylation is 1. The van der Waals surface area contributed by atoms with Gasteiger partial charge in [-0.2, -0.15) is 5.26 Å². The third-order valence-corrected chi connectivity index (χ3v) is 7.06. The summed E-state index contributed by atoms with van der Waals surface area (Å²) in [5.74, 6) is 0.629. The number of allylic oxidation sites excluding steroid dienone is 1. The Morgan fingerprint density at radius 3 is 2.25 bits per heavy atom. The van der Waals surface area contributed by atoms with Gasteiger partial charge in [0, 0.05) is 21.2 Å². The molecule has 0 atom stereocenters. The fraction of sp³-hybridized carbons (Fsp3) is 0.125. The second-order valence-corrected chi connectivity index (χ2v) is 9.54. The molecule has 0 aliphatic rings. The van der Waals surface area contributed by atoms with Crippen LogP contribution in [0.2, 0.25) is 10.0 Å². The van der Waals surface area contributed by atoms with E-state index in [1.807, 2.05) is 6.92 Å².